The lowest BCUT2D eigenvalue weighted by Crippen LogP contribution is -2.44. The Kier molecular flexibility index (Phi) is 4.77. The summed E-state index contributed by atoms with van der Waals surface area (Å²) < 4.78 is 0. The molecule has 0 saturated carbocycles. The van der Waals surface area contributed by atoms with Gasteiger partial charge in [-0.15, -0.1) is 10.2 Å². The van der Waals surface area contributed by atoms with E-state index in [1.165, 1.54) is 12.6 Å². The Morgan fingerprint density at radius 2 is 2.15 bits per heavy atom. The third-order valence-corrected chi connectivity index (χ3v) is 5.60. The Hall–Kier alpha value is -2.93. The van der Waals surface area contributed by atoms with Crippen LogP contribution in [0, 0.1) is 11.3 Å². The molecular formula is C20H24N6O. The predicted octanol–water partition coefficient (Wildman–Crippen LogP) is 1.99. The number of nitrogens with one attached hydrogen (secondary N) is 2. The van der Waals surface area contributed by atoms with Crippen LogP contribution in [0.3, 0.4) is 0 Å². The first-order chi connectivity index (χ1) is 13.2. The zero-order valence-electron chi connectivity index (χ0n) is 15.1. The van der Waals surface area contributed by atoms with Gasteiger partial charge in [-0.25, -0.2) is 0 Å². The first kappa shape index (κ1) is 17.5. The monoisotopic (exact) mass is 364 g/mol. The van der Waals surface area contributed by atoms with Crippen LogP contribution in [-0.4, -0.2) is 47.2 Å². The number of aromatic hydroxyl groups is 1. The highest BCUT2D eigenvalue weighted by Gasteiger charge is 2.36. The molecule has 27 heavy (non-hydrogen) atoms. The molecule has 0 aliphatic carbocycles. The molecule has 2 aliphatic rings. The molecule has 5 N–H and O–H groups in total. The summed E-state index contributed by atoms with van der Waals surface area (Å²) in [5.74, 6) is 1.69. The number of hydrogen-bond donors (Lipinski definition) is 4. The molecule has 4 rings (SSSR count). The van der Waals surface area contributed by atoms with Gasteiger partial charge in [0.2, 0.25) is 0 Å². The number of benzene rings is 1. The molecule has 1 aromatic heterocycles. The van der Waals surface area contributed by atoms with E-state index in [2.05, 4.69) is 20.4 Å². The van der Waals surface area contributed by atoms with Crippen molar-refractivity contribution in [1.82, 2.24) is 15.5 Å². The van der Waals surface area contributed by atoms with Crippen molar-refractivity contribution in [2.75, 3.05) is 24.5 Å². The van der Waals surface area contributed by atoms with Gasteiger partial charge in [-0.1, -0.05) is 6.07 Å². The number of hydrogen-bond acceptors (Lipinski definition) is 7. The fourth-order valence-corrected chi connectivity index (χ4v) is 4.15. The molecule has 7 heteroatoms. The molecule has 0 amide bonds. The molecule has 2 unspecified atom stereocenters. The Bertz CT molecular complexity index is 863. The van der Waals surface area contributed by atoms with E-state index in [1.54, 1.807) is 12.1 Å². The van der Waals surface area contributed by atoms with E-state index < -0.39 is 0 Å². The van der Waals surface area contributed by atoms with E-state index in [-0.39, 0.29) is 5.75 Å². The summed E-state index contributed by atoms with van der Waals surface area (Å²) >= 11 is 0. The zero-order chi connectivity index (χ0) is 18.8. The standard InChI is InChI=1S/C20H24N6O/c21-10-15(11-22)13-1-2-16(19(27)9-13)17-3-4-20(25-24-17)26-8-6-14-12-23-7-5-18(14)26/h1-4,9-11,14,18,21,23,27H,5-8,12,22H2. The van der Waals surface area contributed by atoms with Gasteiger partial charge in [0.15, 0.2) is 5.82 Å². The number of anilines is 1. The normalized spacial score (nSPS) is 22.5. The van der Waals surface area contributed by atoms with E-state index in [0.717, 1.165) is 38.1 Å². The number of nitrogens with zero attached hydrogens (tertiary/aromatic N) is 3. The first-order valence-corrected chi connectivity index (χ1v) is 9.28. The van der Waals surface area contributed by atoms with E-state index in [9.17, 15) is 5.11 Å². The molecular weight excluding hydrogens is 340 g/mol. The van der Waals surface area contributed by atoms with Gasteiger partial charge in [0.1, 0.15) is 5.75 Å². The molecule has 2 aromatic rings. The summed E-state index contributed by atoms with van der Waals surface area (Å²) in [4.78, 5) is 2.37. The van der Waals surface area contributed by atoms with Crippen LogP contribution in [-0.2, 0) is 0 Å². The highest BCUT2D eigenvalue weighted by molar-refractivity contribution is 6.08. The summed E-state index contributed by atoms with van der Waals surface area (Å²) in [5.41, 5.74) is 7.98. The molecule has 7 nitrogen and oxygen atoms in total. The Morgan fingerprint density at radius 1 is 1.26 bits per heavy atom. The maximum absolute atomic E-state index is 10.4. The van der Waals surface area contributed by atoms with Crippen LogP contribution in [0.15, 0.2) is 36.5 Å². The summed E-state index contributed by atoms with van der Waals surface area (Å²) in [6.45, 7) is 3.16. The van der Waals surface area contributed by atoms with Gasteiger partial charge in [0, 0.05) is 36.1 Å². The Morgan fingerprint density at radius 3 is 2.85 bits per heavy atom. The number of phenolic OH excluding ortho intramolecular Hbond substituents is 1. The van der Waals surface area contributed by atoms with Crippen molar-refractivity contribution in [3.05, 3.63) is 42.1 Å². The van der Waals surface area contributed by atoms with Crippen molar-refractivity contribution in [3.63, 3.8) is 0 Å². The van der Waals surface area contributed by atoms with Crippen molar-refractivity contribution in [1.29, 1.82) is 5.41 Å². The second-order valence-corrected chi connectivity index (χ2v) is 7.08. The maximum atomic E-state index is 10.4. The average Bonchev–Trinajstić information content (AvgIpc) is 3.13. The van der Waals surface area contributed by atoms with Gasteiger partial charge in [-0.3, -0.25) is 0 Å². The van der Waals surface area contributed by atoms with Gasteiger partial charge >= 0.3 is 0 Å². The van der Waals surface area contributed by atoms with Crippen molar-refractivity contribution >= 4 is 17.6 Å². The molecule has 0 spiro atoms. The SMILES string of the molecule is N=CC(=CN)c1ccc(-c2ccc(N3CCC4CNCCC43)nn2)c(O)c1. The van der Waals surface area contributed by atoms with E-state index in [1.807, 2.05) is 18.2 Å². The lowest BCUT2D eigenvalue weighted by Gasteiger charge is -2.32. The summed E-state index contributed by atoms with van der Waals surface area (Å²) in [6, 6.07) is 9.62. The number of nitrogens with two attached hydrogens (primary N) is 1. The molecule has 2 atom stereocenters. The van der Waals surface area contributed by atoms with Crippen molar-refractivity contribution < 1.29 is 5.11 Å². The van der Waals surface area contributed by atoms with Crippen LogP contribution < -0.4 is 16.0 Å². The maximum Gasteiger partial charge on any atom is 0.151 e. The van der Waals surface area contributed by atoms with Gasteiger partial charge in [0.25, 0.3) is 0 Å². The lowest BCUT2D eigenvalue weighted by molar-refractivity contribution is 0.360. The van der Waals surface area contributed by atoms with Crippen LogP contribution in [0.5, 0.6) is 5.75 Å². The molecule has 140 valence electrons. The lowest BCUT2D eigenvalue weighted by atomic mass is 9.94. The Labute approximate surface area is 158 Å². The first-order valence-electron chi connectivity index (χ1n) is 9.28. The minimum Gasteiger partial charge on any atom is -0.507 e. The van der Waals surface area contributed by atoms with Crippen molar-refractivity contribution in [2.24, 2.45) is 11.7 Å². The van der Waals surface area contributed by atoms with Crippen molar-refractivity contribution in [3.8, 4) is 17.0 Å². The highest BCUT2D eigenvalue weighted by Crippen LogP contribution is 2.34. The van der Waals surface area contributed by atoms with E-state index in [0.29, 0.717) is 34.4 Å². The smallest absolute Gasteiger partial charge is 0.151 e. The van der Waals surface area contributed by atoms with Crippen molar-refractivity contribution in [2.45, 2.75) is 18.9 Å². The number of rotatable bonds is 4. The molecule has 2 aliphatic heterocycles. The van der Waals surface area contributed by atoms with E-state index >= 15 is 0 Å². The van der Waals surface area contributed by atoms with Gasteiger partial charge in [-0.05, 0) is 61.7 Å². The summed E-state index contributed by atoms with van der Waals surface area (Å²) in [7, 11) is 0. The second kappa shape index (κ2) is 7.36. The zero-order valence-corrected chi connectivity index (χ0v) is 15.1. The molecule has 2 fully saturated rings. The van der Waals surface area contributed by atoms with Crippen LogP contribution >= 0.6 is 0 Å². The second-order valence-electron chi connectivity index (χ2n) is 7.08. The predicted molar refractivity (Wildman–Crippen MR) is 107 cm³/mol. The van der Waals surface area contributed by atoms with Crippen LogP contribution in [0.2, 0.25) is 0 Å². The molecule has 3 heterocycles. The van der Waals surface area contributed by atoms with E-state index in [4.69, 9.17) is 11.1 Å². The molecule has 2 saturated heterocycles. The van der Waals surface area contributed by atoms with Gasteiger partial charge in [0.05, 0.1) is 5.69 Å². The summed E-state index contributed by atoms with van der Waals surface area (Å²) in [6.07, 6.45) is 4.83. The molecule has 0 radical (unpaired) electrons. The van der Waals surface area contributed by atoms with Crippen LogP contribution in [0.25, 0.3) is 16.8 Å². The largest absolute Gasteiger partial charge is 0.507 e. The topological polar surface area (TPSA) is 111 Å². The van der Waals surface area contributed by atoms with Crippen LogP contribution in [0.4, 0.5) is 5.82 Å². The number of allylic oxidation sites excluding steroid dienone is 1. The fourth-order valence-electron chi connectivity index (χ4n) is 4.15. The fraction of sp³-hybridized carbons (Fsp3) is 0.350. The quantitative estimate of drug-likeness (QED) is 0.618. The number of piperidine rings is 1. The number of aromatic nitrogens is 2. The minimum absolute atomic E-state index is 0.0929. The summed E-state index contributed by atoms with van der Waals surface area (Å²) in [5, 5.41) is 30.0. The third-order valence-electron chi connectivity index (χ3n) is 5.60. The minimum atomic E-state index is 0.0929. The van der Waals surface area contributed by atoms with Gasteiger partial charge in [-0.2, -0.15) is 0 Å². The molecule has 1 aromatic carbocycles. The third kappa shape index (κ3) is 3.26. The highest BCUT2D eigenvalue weighted by atomic mass is 16.3. The van der Waals surface area contributed by atoms with Crippen LogP contribution in [0.1, 0.15) is 18.4 Å². The average molecular weight is 364 g/mol. The van der Waals surface area contributed by atoms with Gasteiger partial charge < -0.3 is 26.5 Å². The molecule has 0 bridgehead atoms. The number of fused-ring (bicyclic) bond motifs is 1. The Balaban J connectivity index is 1.57. The number of phenols is 1.